The minimum Gasteiger partial charge on any atom is -0.453 e. The maximum Gasteiger partial charge on any atom is 0.414 e. The van der Waals surface area contributed by atoms with Gasteiger partial charge in [0.2, 0.25) is 5.91 Å². The molecular formula is C23H26FN7O6. The van der Waals surface area contributed by atoms with E-state index in [1.807, 2.05) is 4.90 Å². The number of halogens is 1. The molecule has 0 radical (unpaired) electrons. The van der Waals surface area contributed by atoms with E-state index in [1.165, 1.54) is 36.7 Å². The topological polar surface area (TPSA) is 146 Å². The van der Waals surface area contributed by atoms with Crippen molar-refractivity contribution >= 4 is 35.4 Å². The number of carbonyl (C=O) groups excluding carboxylic acids is 4. The fourth-order valence-corrected chi connectivity index (χ4v) is 4.00. The first-order chi connectivity index (χ1) is 17.9. The number of ether oxygens (including phenoxy) is 2. The summed E-state index contributed by atoms with van der Waals surface area (Å²) in [6, 6.07) is 4.46. The predicted molar refractivity (Wildman–Crippen MR) is 128 cm³/mol. The van der Waals surface area contributed by atoms with Gasteiger partial charge in [0, 0.05) is 38.6 Å². The van der Waals surface area contributed by atoms with Crippen LogP contribution in [0.1, 0.15) is 10.5 Å². The van der Waals surface area contributed by atoms with Crippen molar-refractivity contribution in [2.24, 2.45) is 0 Å². The SMILES string of the molecule is COC(=O)NC[C@H]1CN(c2ccc(N3CCN(C(=O)CNC(=O)c4cnccn4)CC3)c(F)c2)C(=O)O1. The fourth-order valence-electron chi connectivity index (χ4n) is 4.00. The molecule has 196 valence electrons. The maximum absolute atomic E-state index is 15.0. The summed E-state index contributed by atoms with van der Waals surface area (Å²) in [6.45, 7) is 1.54. The number of benzene rings is 1. The summed E-state index contributed by atoms with van der Waals surface area (Å²) in [5, 5.41) is 4.99. The van der Waals surface area contributed by atoms with Gasteiger partial charge >= 0.3 is 12.2 Å². The van der Waals surface area contributed by atoms with Gasteiger partial charge < -0.3 is 29.9 Å². The van der Waals surface area contributed by atoms with Gasteiger partial charge in [-0.1, -0.05) is 0 Å². The summed E-state index contributed by atoms with van der Waals surface area (Å²) in [5.41, 5.74) is 0.803. The molecule has 4 amide bonds. The van der Waals surface area contributed by atoms with Crippen LogP contribution in [0.25, 0.3) is 0 Å². The van der Waals surface area contributed by atoms with Crippen LogP contribution in [0.15, 0.2) is 36.8 Å². The molecular weight excluding hydrogens is 489 g/mol. The summed E-state index contributed by atoms with van der Waals surface area (Å²) in [5.74, 6) is -1.26. The lowest BCUT2D eigenvalue weighted by Gasteiger charge is -2.36. The number of nitrogens with one attached hydrogen (secondary N) is 2. The molecule has 13 nitrogen and oxygen atoms in total. The van der Waals surface area contributed by atoms with Gasteiger partial charge in [-0.25, -0.2) is 19.0 Å². The van der Waals surface area contributed by atoms with E-state index in [4.69, 9.17) is 4.74 Å². The molecule has 2 fully saturated rings. The van der Waals surface area contributed by atoms with Crippen molar-refractivity contribution in [3.8, 4) is 0 Å². The standard InChI is InChI=1S/C23H26FN7O6/c1-36-22(34)28-11-16-14-31(23(35)37-16)15-2-3-19(17(24)10-15)29-6-8-30(9-7-29)20(32)13-27-21(33)18-12-25-4-5-26-18/h2-5,10,12,16H,6-9,11,13-14H2,1H3,(H,27,33)(H,28,34)/t16-/m0/s1. The minimum absolute atomic E-state index is 0.0719. The van der Waals surface area contributed by atoms with Crippen molar-refractivity contribution < 1.29 is 33.0 Å². The minimum atomic E-state index is -0.640. The summed E-state index contributed by atoms with van der Waals surface area (Å²) < 4.78 is 24.7. The molecule has 2 aliphatic rings. The first-order valence-electron chi connectivity index (χ1n) is 11.5. The van der Waals surface area contributed by atoms with Gasteiger partial charge in [-0.3, -0.25) is 19.5 Å². The van der Waals surface area contributed by atoms with Gasteiger partial charge in [0.25, 0.3) is 5.91 Å². The summed E-state index contributed by atoms with van der Waals surface area (Å²) >= 11 is 0. The summed E-state index contributed by atoms with van der Waals surface area (Å²) in [7, 11) is 1.23. The monoisotopic (exact) mass is 515 g/mol. The first-order valence-corrected chi connectivity index (χ1v) is 11.5. The molecule has 2 N–H and O–H groups in total. The van der Waals surface area contributed by atoms with Crippen LogP contribution >= 0.6 is 0 Å². The highest BCUT2D eigenvalue weighted by Gasteiger charge is 2.33. The lowest BCUT2D eigenvalue weighted by atomic mass is 10.2. The molecule has 37 heavy (non-hydrogen) atoms. The maximum atomic E-state index is 15.0. The Morgan fingerprint density at radius 1 is 1.16 bits per heavy atom. The van der Waals surface area contributed by atoms with Gasteiger partial charge in [0.1, 0.15) is 17.6 Å². The largest absolute Gasteiger partial charge is 0.453 e. The first kappa shape index (κ1) is 25.6. The van der Waals surface area contributed by atoms with Crippen LogP contribution in [0.5, 0.6) is 0 Å². The van der Waals surface area contributed by atoms with Crippen molar-refractivity contribution in [3.63, 3.8) is 0 Å². The van der Waals surface area contributed by atoms with Crippen LogP contribution in [0.3, 0.4) is 0 Å². The Balaban J connectivity index is 1.28. The van der Waals surface area contributed by atoms with E-state index < -0.39 is 30.0 Å². The molecule has 2 aliphatic heterocycles. The second kappa shape index (κ2) is 11.5. The van der Waals surface area contributed by atoms with E-state index >= 15 is 4.39 Å². The third kappa shape index (κ3) is 6.20. The van der Waals surface area contributed by atoms with E-state index in [2.05, 4.69) is 25.3 Å². The van der Waals surface area contributed by atoms with E-state index in [9.17, 15) is 19.2 Å². The smallest absolute Gasteiger partial charge is 0.414 e. The molecule has 2 aromatic rings. The van der Waals surface area contributed by atoms with Crippen LogP contribution < -0.4 is 20.4 Å². The number of cyclic esters (lactones) is 1. The van der Waals surface area contributed by atoms with E-state index in [-0.39, 0.29) is 31.2 Å². The molecule has 3 heterocycles. The molecule has 4 rings (SSSR count). The summed E-state index contributed by atoms with van der Waals surface area (Å²) in [6.07, 6.45) is 2.28. The molecule has 0 unspecified atom stereocenters. The van der Waals surface area contributed by atoms with Crippen LogP contribution in [0.4, 0.5) is 25.4 Å². The van der Waals surface area contributed by atoms with Crippen LogP contribution in [-0.2, 0) is 14.3 Å². The molecule has 0 bridgehead atoms. The Hall–Kier alpha value is -4.49. The second-order valence-corrected chi connectivity index (χ2v) is 8.27. The third-order valence-electron chi connectivity index (χ3n) is 5.95. The Morgan fingerprint density at radius 2 is 1.95 bits per heavy atom. The number of aromatic nitrogens is 2. The Labute approximate surface area is 211 Å². The number of nitrogens with zero attached hydrogens (tertiary/aromatic N) is 5. The van der Waals surface area contributed by atoms with Crippen LogP contribution in [0.2, 0.25) is 0 Å². The number of amides is 4. The number of rotatable bonds is 7. The molecule has 1 aromatic heterocycles. The zero-order valence-corrected chi connectivity index (χ0v) is 20.1. The highest BCUT2D eigenvalue weighted by molar-refractivity contribution is 5.94. The zero-order chi connectivity index (χ0) is 26.4. The average molecular weight is 516 g/mol. The molecule has 0 aliphatic carbocycles. The number of hydrogen-bond acceptors (Lipinski definition) is 9. The average Bonchev–Trinajstić information content (AvgIpc) is 3.31. The molecule has 1 atom stereocenters. The van der Waals surface area contributed by atoms with E-state index in [0.29, 0.717) is 37.6 Å². The normalized spacial score (nSPS) is 17.3. The summed E-state index contributed by atoms with van der Waals surface area (Å²) in [4.78, 5) is 60.4. The molecule has 0 saturated carbocycles. The van der Waals surface area contributed by atoms with Crippen LogP contribution in [-0.4, -0.2) is 97.9 Å². The third-order valence-corrected chi connectivity index (χ3v) is 5.95. The van der Waals surface area contributed by atoms with Crippen molar-refractivity contribution in [1.29, 1.82) is 0 Å². The second-order valence-electron chi connectivity index (χ2n) is 8.27. The van der Waals surface area contributed by atoms with Gasteiger partial charge in [0.15, 0.2) is 0 Å². The van der Waals surface area contributed by atoms with Crippen molar-refractivity contribution in [3.05, 3.63) is 48.3 Å². The fraction of sp³-hybridized carbons (Fsp3) is 0.391. The number of methoxy groups -OCH3 is 1. The number of alkyl carbamates (subject to hydrolysis) is 1. The predicted octanol–water partition coefficient (Wildman–Crippen LogP) is 0.376. The van der Waals surface area contributed by atoms with Crippen molar-refractivity contribution in [2.75, 3.05) is 62.7 Å². The van der Waals surface area contributed by atoms with Crippen molar-refractivity contribution in [1.82, 2.24) is 25.5 Å². The Bertz CT molecular complexity index is 1160. The number of anilines is 2. The van der Waals surface area contributed by atoms with Gasteiger partial charge in [-0.05, 0) is 18.2 Å². The van der Waals surface area contributed by atoms with Crippen LogP contribution in [0, 0.1) is 5.82 Å². The highest BCUT2D eigenvalue weighted by Crippen LogP contribution is 2.28. The Kier molecular flexibility index (Phi) is 7.95. The molecule has 0 spiro atoms. The molecule has 14 heteroatoms. The van der Waals surface area contributed by atoms with Gasteiger partial charge in [0.05, 0.1) is 44.3 Å². The lowest BCUT2D eigenvalue weighted by Crippen LogP contribution is -2.51. The van der Waals surface area contributed by atoms with E-state index in [0.717, 1.165) is 0 Å². The molecule has 2 saturated heterocycles. The Morgan fingerprint density at radius 3 is 2.62 bits per heavy atom. The van der Waals surface area contributed by atoms with Crippen molar-refractivity contribution in [2.45, 2.75) is 6.10 Å². The lowest BCUT2D eigenvalue weighted by molar-refractivity contribution is -0.130. The highest BCUT2D eigenvalue weighted by atomic mass is 19.1. The van der Waals surface area contributed by atoms with Gasteiger partial charge in [-0.15, -0.1) is 0 Å². The zero-order valence-electron chi connectivity index (χ0n) is 20.1. The number of carbonyl (C=O) groups is 4. The van der Waals surface area contributed by atoms with Gasteiger partial charge in [-0.2, -0.15) is 0 Å². The van der Waals surface area contributed by atoms with E-state index in [1.54, 1.807) is 17.0 Å². The number of hydrogen-bond donors (Lipinski definition) is 2. The molecule has 1 aromatic carbocycles. The quantitative estimate of drug-likeness (QED) is 0.534. The number of piperazine rings is 1.